The number of imidazole rings is 1. The van der Waals surface area contributed by atoms with Crippen LogP contribution in [0.1, 0.15) is 6.42 Å². The third-order valence-corrected chi connectivity index (χ3v) is 3.65. The number of aromatic amines is 1. The van der Waals surface area contributed by atoms with Crippen molar-refractivity contribution in [3.8, 4) is 0 Å². The average molecular weight is 253 g/mol. The van der Waals surface area contributed by atoms with Crippen molar-refractivity contribution in [2.75, 3.05) is 19.4 Å². The number of nitrogens with one attached hydrogen (secondary N) is 2. The van der Waals surface area contributed by atoms with Crippen molar-refractivity contribution in [2.45, 2.75) is 17.5 Å². The molecule has 3 N–H and O–H groups in total. The molecule has 1 atom stereocenters. The Hall–Kier alpha value is -1.18. The van der Waals surface area contributed by atoms with E-state index in [1.807, 2.05) is 7.05 Å². The summed E-state index contributed by atoms with van der Waals surface area (Å²) in [5.74, 6) is 0.849. The monoisotopic (exact) mass is 253 g/mol. The number of nitrogens with zero attached hydrogens (tertiary/aromatic N) is 3. The molecule has 2 rings (SSSR count). The largest absolute Gasteiger partial charge is 0.396 e. The van der Waals surface area contributed by atoms with Gasteiger partial charge < -0.3 is 15.4 Å². The van der Waals surface area contributed by atoms with Crippen LogP contribution >= 0.6 is 11.8 Å². The molecule has 2 heterocycles. The average Bonchev–Trinajstić information content (AvgIpc) is 2.83. The van der Waals surface area contributed by atoms with Crippen LogP contribution in [0.5, 0.6) is 0 Å². The summed E-state index contributed by atoms with van der Waals surface area (Å²) in [6.45, 7) is 0.190. The van der Waals surface area contributed by atoms with Gasteiger partial charge in [0.1, 0.15) is 16.9 Å². The molecule has 7 heteroatoms. The Labute approximate surface area is 103 Å². The highest BCUT2D eigenvalue weighted by Gasteiger charge is 2.10. The van der Waals surface area contributed by atoms with Crippen molar-refractivity contribution in [3.63, 3.8) is 0 Å². The SMILES string of the molecule is CNC(CCO)CSc1ncnc2nc[nH]c12. The second kappa shape index (κ2) is 5.95. The first-order valence-corrected chi connectivity index (χ1v) is 6.38. The number of aliphatic hydroxyl groups excluding tert-OH is 1. The maximum absolute atomic E-state index is 8.91. The summed E-state index contributed by atoms with van der Waals surface area (Å²) in [4.78, 5) is 15.4. The molecule has 0 aliphatic heterocycles. The molecule has 0 aliphatic rings. The Bertz CT molecular complexity index is 474. The highest BCUT2D eigenvalue weighted by atomic mass is 32.2. The molecule has 0 radical (unpaired) electrons. The van der Waals surface area contributed by atoms with Gasteiger partial charge in [-0.05, 0) is 13.5 Å². The number of rotatable bonds is 6. The molecule has 0 amide bonds. The maximum Gasteiger partial charge on any atom is 0.181 e. The number of aliphatic hydroxyl groups is 1. The molecular formula is C10H15N5OS. The van der Waals surface area contributed by atoms with Crippen LogP contribution in [0.2, 0.25) is 0 Å². The molecule has 0 bridgehead atoms. The Kier molecular flexibility index (Phi) is 4.29. The number of hydrogen-bond acceptors (Lipinski definition) is 6. The van der Waals surface area contributed by atoms with E-state index >= 15 is 0 Å². The minimum atomic E-state index is 0.190. The molecule has 1 unspecified atom stereocenters. The van der Waals surface area contributed by atoms with E-state index in [2.05, 4.69) is 25.3 Å². The van der Waals surface area contributed by atoms with Crippen LogP contribution < -0.4 is 5.32 Å². The van der Waals surface area contributed by atoms with Crippen molar-refractivity contribution in [1.82, 2.24) is 25.3 Å². The van der Waals surface area contributed by atoms with Crippen LogP contribution in [-0.4, -0.2) is 50.5 Å². The quantitative estimate of drug-likeness (QED) is 0.511. The fourth-order valence-corrected chi connectivity index (χ4v) is 2.61. The van der Waals surface area contributed by atoms with E-state index in [-0.39, 0.29) is 12.6 Å². The van der Waals surface area contributed by atoms with Crippen molar-refractivity contribution in [2.24, 2.45) is 0 Å². The molecule has 0 aromatic carbocycles. The van der Waals surface area contributed by atoms with Crippen molar-refractivity contribution in [1.29, 1.82) is 0 Å². The molecule has 0 saturated carbocycles. The molecule has 17 heavy (non-hydrogen) atoms. The predicted octanol–water partition coefficient (Wildman–Crippen LogP) is 0.415. The molecule has 0 aliphatic carbocycles. The molecule has 0 spiro atoms. The van der Waals surface area contributed by atoms with Gasteiger partial charge in [-0.1, -0.05) is 0 Å². The molecule has 0 fully saturated rings. The van der Waals surface area contributed by atoms with Gasteiger partial charge in [-0.3, -0.25) is 0 Å². The van der Waals surface area contributed by atoms with Crippen LogP contribution in [-0.2, 0) is 0 Å². The second-order valence-electron chi connectivity index (χ2n) is 3.59. The van der Waals surface area contributed by atoms with Gasteiger partial charge in [-0.15, -0.1) is 11.8 Å². The molecule has 2 aromatic heterocycles. The lowest BCUT2D eigenvalue weighted by atomic mass is 10.2. The first-order chi connectivity index (χ1) is 8.35. The van der Waals surface area contributed by atoms with Gasteiger partial charge in [0.15, 0.2) is 5.65 Å². The van der Waals surface area contributed by atoms with Gasteiger partial charge in [-0.25, -0.2) is 15.0 Å². The first kappa shape index (κ1) is 12.3. The van der Waals surface area contributed by atoms with Crippen LogP contribution in [0.15, 0.2) is 17.7 Å². The second-order valence-corrected chi connectivity index (χ2v) is 4.60. The molecule has 2 aromatic rings. The van der Waals surface area contributed by atoms with E-state index in [0.717, 1.165) is 22.7 Å². The van der Waals surface area contributed by atoms with Gasteiger partial charge in [0.2, 0.25) is 0 Å². The number of hydrogen-bond donors (Lipinski definition) is 3. The van der Waals surface area contributed by atoms with Crippen LogP contribution in [0.3, 0.4) is 0 Å². The van der Waals surface area contributed by atoms with Crippen molar-refractivity contribution < 1.29 is 5.11 Å². The summed E-state index contributed by atoms with van der Waals surface area (Å²) < 4.78 is 0. The third kappa shape index (κ3) is 2.93. The Balaban J connectivity index is 2.05. The fraction of sp³-hybridized carbons (Fsp3) is 0.500. The summed E-state index contributed by atoms with van der Waals surface area (Å²) in [6.07, 6.45) is 3.87. The fourth-order valence-electron chi connectivity index (χ4n) is 1.50. The van der Waals surface area contributed by atoms with E-state index in [1.54, 1.807) is 18.1 Å². The van der Waals surface area contributed by atoms with E-state index < -0.39 is 0 Å². The van der Waals surface area contributed by atoms with Crippen molar-refractivity contribution >= 4 is 22.9 Å². The molecule has 92 valence electrons. The summed E-state index contributed by atoms with van der Waals surface area (Å²) in [7, 11) is 1.90. The van der Waals surface area contributed by atoms with Gasteiger partial charge >= 0.3 is 0 Å². The lowest BCUT2D eigenvalue weighted by Gasteiger charge is -2.13. The normalized spacial score (nSPS) is 13.1. The lowest BCUT2D eigenvalue weighted by Crippen LogP contribution is -2.28. The topological polar surface area (TPSA) is 86.7 Å². The highest BCUT2D eigenvalue weighted by Crippen LogP contribution is 2.22. The van der Waals surface area contributed by atoms with Crippen molar-refractivity contribution in [3.05, 3.63) is 12.7 Å². The highest BCUT2D eigenvalue weighted by molar-refractivity contribution is 7.99. The number of fused-ring (bicyclic) bond motifs is 1. The Morgan fingerprint density at radius 3 is 3.12 bits per heavy atom. The summed E-state index contributed by atoms with van der Waals surface area (Å²) in [5.41, 5.74) is 1.56. The Morgan fingerprint density at radius 1 is 1.47 bits per heavy atom. The van der Waals surface area contributed by atoms with Crippen LogP contribution in [0.25, 0.3) is 11.2 Å². The summed E-state index contributed by atoms with van der Waals surface area (Å²) in [5, 5.41) is 13.0. The molecule has 0 saturated heterocycles. The number of H-pyrrole nitrogens is 1. The van der Waals surface area contributed by atoms with E-state index in [0.29, 0.717) is 5.65 Å². The molecule has 6 nitrogen and oxygen atoms in total. The van der Waals surface area contributed by atoms with E-state index in [1.165, 1.54) is 6.33 Å². The Morgan fingerprint density at radius 2 is 2.35 bits per heavy atom. The number of aromatic nitrogens is 4. The van der Waals surface area contributed by atoms with Gasteiger partial charge in [0, 0.05) is 18.4 Å². The zero-order valence-electron chi connectivity index (χ0n) is 9.55. The summed E-state index contributed by atoms with van der Waals surface area (Å²) in [6, 6.07) is 0.276. The van der Waals surface area contributed by atoms with Crippen LogP contribution in [0, 0.1) is 0 Å². The van der Waals surface area contributed by atoms with Gasteiger partial charge in [0.05, 0.1) is 6.33 Å². The first-order valence-electron chi connectivity index (χ1n) is 5.40. The predicted molar refractivity (Wildman–Crippen MR) is 67.0 cm³/mol. The zero-order valence-corrected chi connectivity index (χ0v) is 10.4. The summed E-state index contributed by atoms with van der Waals surface area (Å²) >= 11 is 1.63. The minimum Gasteiger partial charge on any atom is -0.396 e. The maximum atomic E-state index is 8.91. The van der Waals surface area contributed by atoms with E-state index in [4.69, 9.17) is 5.11 Å². The number of thioether (sulfide) groups is 1. The molecular weight excluding hydrogens is 238 g/mol. The van der Waals surface area contributed by atoms with Gasteiger partial charge in [0.25, 0.3) is 0 Å². The third-order valence-electron chi connectivity index (χ3n) is 2.50. The van der Waals surface area contributed by atoms with E-state index in [9.17, 15) is 0 Å². The lowest BCUT2D eigenvalue weighted by molar-refractivity contribution is 0.273. The standard InChI is InChI=1S/C10H15N5OS/c1-11-7(2-3-16)4-17-10-8-9(13-5-12-8)14-6-15-10/h5-7,11,16H,2-4H2,1H3,(H,12,13,14,15). The van der Waals surface area contributed by atoms with Crippen LogP contribution in [0.4, 0.5) is 0 Å². The van der Waals surface area contributed by atoms with Gasteiger partial charge in [-0.2, -0.15) is 0 Å². The zero-order chi connectivity index (χ0) is 12.1. The minimum absolute atomic E-state index is 0.190. The smallest absolute Gasteiger partial charge is 0.181 e.